The molecule has 1 aliphatic rings. The first-order valence-corrected chi connectivity index (χ1v) is 5.90. The molecule has 1 heterocycles. The maximum absolute atomic E-state index is 10.8. The molecule has 1 aromatic heterocycles. The van der Waals surface area contributed by atoms with Crippen LogP contribution >= 0.6 is 0 Å². The smallest absolute Gasteiger partial charge is 0.354 e. The number of rotatable bonds is 3. The molecule has 1 aromatic rings. The summed E-state index contributed by atoms with van der Waals surface area (Å²) in [6.45, 7) is 2.14. The third kappa shape index (κ3) is 2.93. The van der Waals surface area contributed by atoms with Gasteiger partial charge in [0.05, 0.1) is 0 Å². The van der Waals surface area contributed by atoms with Gasteiger partial charge >= 0.3 is 12.0 Å². The molecule has 92 valence electrons. The second-order valence-corrected chi connectivity index (χ2v) is 4.45. The molecule has 0 radical (unpaired) electrons. The Kier molecular flexibility index (Phi) is 3.56. The Hall–Kier alpha value is -1.65. The average Bonchev–Trinajstić information content (AvgIpc) is 2.32. The first-order chi connectivity index (χ1) is 8.16. The van der Waals surface area contributed by atoms with Crippen LogP contribution in [0.2, 0.25) is 0 Å². The van der Waals surface area contributed by atoms with E-state index in [1.165, 1.54) is 18.7 Å². The summed E-state index contributed by atoms with van der Waals surface area (Å²) in [6, 6.07) is 1.53. The zero-order valence-electron chi connectivity index (χ0n) is 9.80. The molecule has 5 heteroatoms. The standard InChI is InChI=1S/C12H16N2O3/c1-8-4-2-3-5-10(8)17-12-13-7-6-9(14-12)11(15)16/h6-8,10H,2-5H2,1H3,(H,15,16). The molecule has 2 atom stereocenters. The first kappa shape index (κ1) is 11.8. The van der Waals surface area contributed by atoms with Gasteiger partial charge in [0.15, 0.2) is 5.69 Å². The van der Waals surface area contributed by atoms with Crippen molar-refractivity contribution >= 4 is 5.97 Å². The fourth-order valence-electron chi connectivity index (χ4n) is 2.11. The molecular formula is C12H16N2O3. The molecule has 0 aliphatic heterocycles. The normalized spacial score (nSPS) is 24.3. The van der Waals surface area contributed by atoms with E-state index in [0.717, 1.165) is 19.3 Å². The summed E-state index contributed by atoms with van der Waals surface area (Å²) in [6.07, 6.45) is 6.03. The van der Waals surface area contributed by atoms with Crippen molar-refractivity contribution in [1.82, 2.24) is 9.97 Å². The van der Waals surface area contributed by atoms with Crippen LogP contribution < -0.4 is 4.74 Å². The topological polar surface area (TPSA) is 72.3 Å². The van der Waals surface area contributed by atoms with Gasteiger partial charge in [0.2, 0.25) is 0 Å². The highest BCUT2D eigenvalue weighted by molar-refractivity contribution is 5.85. The Labute approximate surface area is 99.9 Å². The molecule has 0 aromatic carbocycles. The fourth-order valence-corrected chi connectivity index (χ4v) is 2.11. The summed E-state index contributed by atoms with van der Waals surface area (Å²) in [5, 5.41) is 8.82. The van der Waals surface area contributed by atoms with E-state index >= 15 is 0 Å². The molecule has 0 amide bonds. The molecule has 17 heavy (non-hydrogen) atoms. The summed E-state index contributed by atoms with van der Waals surface area (Å²) >= 11 is 0. The highest BCUT2D eigenvalue weighted by atomic mass is 16.5. The van der Waals surface area contributed by atoms with E-state index in [9.17, 15) is 4.79 Å². The Morgan fingerprint density at radius 2 is 2.24 bits per heavy atom. The summed E-state index contributed by atoms with van der Waals surface area (Å²) < 4.78 is 5.67. The number of carboxylic acids is 1. The largest absolute Gasteiger partial charge is 0.477 e. The summed E-state index contributed by atoms with van der Waals surface area (Å²) in [5.74, 6) is -0.588. The summed E-state index contributed by atoms with van der Waals surface area (Å²) in [5.41, 5.74) is -0.0292. The van der Waals surface area contributed by atoms with Crippen LogP contribution in [-0.4, -0.2) is 27.1 Å². The van der Waals surface area contributed by atoms with E-state index < -0.39 is 5.97 Å². The van der Waals surface area contributed by atoms with Crippen molar-refractivity contribution in [2.24, 2.45) is 5.92 Å². The minimum absolute atomic E-state index is 0.0292. The van der Waals surface area contributed by atoms with Crippen molar-refractivity contribution in [2.75, 3.05) is 0 Å². The predicted octanol–water partition coefficient (Wildman–Crippen LogP) is 2.13. The number of hydrogen-bond donors (Lipinski definition) is 1. The number of carbonyl (C=O) groups is 1. The van der Waals surface area contributed by atoms with E-state index in [-0.39, 0.29) is 17.8 Å². The van der Waals surface area contributed by atoms with E-state index in [4.69, 9.17) is 9.84 Å². The molecule has 0 spiro atoms. The average molecular weight is 236 g/mol. The number of aromatic carboxylic acids is 1. The first-order valence-electron chi connectivity index (χ1n) is 5.90. The van der Waals surface area contributed by atoms with Gasteiger partial charge in [-0.1, -0.05) is 13.3 Å². The number of carboxylic acid groups (broad SMARTS) is 1. The van der Waals surface area contributed by atoms with Crippen molar-refractivity contribution in [3.8, 4) is 6.01 Å². The second kappa shape index (κ2) is 5.12. The second-order valence-electron chi connectivity index (χ2n) is 4.45. The van der Waals surface area contributed by atoms with Crippen LogP contribution in [0.25, 0.3) is 0 Å². The number of hydrogen-bond acceptors (Lipinski definition) is 4. The van der Waals surface area contributed by atoms with Gasteiger partial charge < -0.3 is 9.84 Å². The van der Waals surface area contributed by atoms with E-state index in [1.54, 1.807) is 0 Å². The van der Waals surface area contributed by atoms with E-state index in [1.807, 2.05) is 0 Å². The zero-order valence-corrected chi connectivity index (χ0v) is 9.80. The highest BCUT2D eigenvalue weighted by Crippen LogP contribution is 2.26. The van der Waals surface area contributed by atoms with E-state index in [2.05, 4.69) is 16.9 Å². The Balaban J connectivity index is 2.07. The lowest BCUT2D eigenvalue weighted by atomic mass is 9.88. The lowest BCUT2D eigenvalue weighted by Gasteiger charge is -2.28. The van der Waals surface area contributed by atoms with Crippen LogP contribution in [0.3, 0.4) is 0 Å². The summed E-state index contributed by atoms with van der Waals surface area (Å²) in [4.78, 5) is 18.6. The maximum Gasteiger partial charge on any atom is 0.354 e. The molecular weight excluding hydrogens is 220 g/mol. The molecule has 5 nitrogen and oxygen atoms in total. The van der Waals surface area contributed by atoms with Crippen LogP contribution in [0.1, 0.15) is 43.1 Å². The zero-order chi connectivity index (χ0) is 12.3. The minimum Gasteiger partial charge on any atom is -0.477 e. The highest BCUT2D eigenvalue weighted by Gasteiger charge is 2.23. The lowest BCUT2D eigenvalue weighted by molar-refractivity contribution is 0.0680. The molecule has 0 saturated heterocycles. The van der Waals surface area contributed by atoms with Crippen LogP contribution in [0.5, 0.6) is 6.01 Å². The Morgan fingerprint density at radius 3 is 2.94 bits per heavy atom. The van der Waals surface area contributed by atoms with Crippen LogP contribution in [0, 0.1) is 5.92 Å². The fraction of sp³-hybridized carbons (Fsp3) is 0.583. The van der Waals surface area contributed by atoms with Gasteiger partial charge in [-0.25, -0.2) is 9.78 Å². The van der Waals surface area contributed by atoms with Crippen molar-refractivity contribution < 1.29 is 14.6 Å². The van der Waals surface area contributed by atoms with Crippen LogP contribution in [-0.2, 0) is 0 Å². The van der Waals surface area contributed by atoms with Gasteiger partial charge in [-0.2, -0.15) is 4.98 Å². The quantitative estimate of drug-likeness (QED) is 0.870. The van der Waals surface area contributed by atoms with Gasteiger partial charge in [0.25, 0.3) is 0 Å². The van der Waals surface area contributed by atoms with Gasteiger partial charge in [0, 0.05) is 6.20 Å². The predicted molar refractivity (Wildman–Crippen MR) is 61.0 cm³/mol. The van der Waals surface area contributed by atoms with Crippen LogP contribution in [0.4, 0.5) is 0 Å². The maximum atomic E-state index is 10.8. The minimum atomic E-state index is -1.06. The lowest BCUT2D eigenvalue weighted by Crippen LogP contribution is -2.29. The number of aromatic nitrogens is 2. The summed E-state index contributed by atoms with van der Waals surface area (Å²) in [7, 11) is 0. The van der Waals surface area contributed by atoms with Gasteiger partial charge in [-0.05, 0) is 31.2 Å². The molecule has 1 fully saturated rings. The van der Waals surface area contributed by atoms with Gasteiger partial charge in [-0.15, -0.1) is 0 Å². The van der Waals surface area contributed by atoms with Crippen molar-refractivity contribution in [1.29, 1.82) is 0 Å². The Morgan fingerprint density at radius 1 is 1.47 bits per heavy atom. The van der Waals surface area contributed by atoms with Gasteiger partial charge in [-0.3, -0.25) is 0 Å². The third-order valence-corrected chi connectivity index (χ3v) is 3.14. The SMILES string of the molecule is CC1CCCCC1Oc1nccc(C(=O)O)n1. The third-order valence-electron chi connectivity index (χ3n) is 3.14. The van der Waals surface area contributed by atoms with E-state index in [0.29, 0.717) is 5.92 Å². The van der Waals surface area contributed by atoms with Crippen LogP contribution in [0.15, 0.2) is 12.3 Å². The molecule has 1 saturated carbocycles. The van der Waals surface area contributed by atoms with Gasteiger partial charge in [0.1, 0.15) is 6.10 Å². The Bertz CT molecular complexity index is 408. The molecule has 1 N–H and O–H groups in total. The van der Waals surface area contributed by atoms with Crippen molar-refractivity contribution in [3.05, 3.63) is 18.0 Å². The molecule has 0 bridgehead atoms. The van der Waals surface area contributed by atoms with Crippen molar-refractivity contribution in [3.63, 3.8) is 0 Å². The van der Waals surface area contributed by atoms with Crippen molar-refractivity contribution in [2.45, 2.75) is 38.7 Å². The number of ether oxygens (including phenoxy) is 1. The molecule has 2 rings (SSSR count). The number of nitrogens with zero attached hydrogens (tertiary/aromatic N) is 2. The molecule has 2 unspecified atom stereocenters. The molecule has 1 aliphatic carbocycles. The monoisotopic (exact) mass is 236 g/mol.